The van der Waals surface area contributed by atoms with Gasteiger partial charge in [-0.15, -0.1) is 0 Å². The quantitative estimate of drug-likeness (QED) is 0.695. The zero-order chi connectivity index (χ0) is 9.14. The molecule has 0 saturated heterocycles. The van der Waals surface area contributed by atoms with E-state index in [1.807, 2.05) is 0 Å². The summed E-state index contributed by atoms with van der Waals surface area (Å²) in [7, 11) is 0. The maximum atomic E-state index is 12.1. The molecule has 0 fully saturated rings. The SMILES string of the molecule is NCc1cc(=O)cc(C(F)F)[nH]1. The summed E-state index contributed by atoms with van der Waals surface area (Å²) >= 11 is 0. The summed E-state index contributed by atoms with van der Waals surface area (Å²) in [5.41, 5.74) is 4.65. The number of aromatic nitrogens is 1. The third-order valence-corrected chi connectivity index (χ3v) is 1.37. The van der Waals surface area contributed by atoms with Crippen LogP contribution in [0.4, 0.5) is 8.78 Å². The zero-order valence-corrected chi connectivity index (χ0v) is 6.18. The van der Waals surface area contributed by atoms with E-state index in [1.54, 1.807) is 0 Å². The minimum absolute atomic E-state index is 0.0514. The van der Waals surface area contributed by atoms with E-state index >= 15 is 0 Å². The van der Waals surface area contributed by atoms with Crippen molar-refractivity contribution in [3.63, 3.8) is 0 Å². The molecule has 0 amide bonds. The van der Waals surface area contributed by atoms with Crippen molar-refractivity contribution in [2.45, 2.75) is 13.0 Å². The van der Waals surface area contributed by atoms with Crippen molar-refractivity contribution in [3.05, 3.63) is 33.7 Å². The average molecular weight is 174 g/mol. The molecule has 0 aromatic carbocycles. The number of nitrogens with one attached hydrogen (secondary N) is 1. The molecule has 0 spiro atoms. The Bertz CT molecular complexity index is 321. The average Bonchev–Trinajstić information content (AvgIpc) is 2.03. The van der Waals surface area contributed by atoms with E-state index in [0.717, 1.165) is 6.07 Å². The molecule has 0 aliphatic rings. The van der Waals surface area contributed by atoms with Crippen LogP contribution in [0.1, 0.15) is 17.8 Å². The molecule has 0 atom stereocenters. The third-order valence-electron chi connectivity index (χ3n) is 1.37. The smallest absolute Gasteiger partial charge is 0.278 e. The molecule has 0 aliphatic carbocycles. The van der Waals surface area contributed by atoms with Crippen molar-refractivity contribution in [1.82, 2.24) is 4.98 Å². The molecule has 5 heteroatoms. The second kappa shape index (κ2) is 3.44. The molecule has 0 aliphatic heterocycles. The Kier molecular flexibility index (Phi) is 2.54. The number of pyridine rings is 1. The minimum Gasteiger partial charge on any atom is -0.356 e. The molecule has 1 rings (SSSR count). The lowest BCUT2D eigenvalue weighted by atomic mass is 10.3. The van der Waals surface area contributed by atoms with Crippen LogP contribution in [-0.2, 0) is 6.54 Å². The van der Waals surface area contributed by atoms with Gasteiger partial charge in [0.2, 0.25) is 0 Å². The molecule has 1 aromatic heterocycles. The molecule has 3 nitrogen and oxygen atoms in total. The molecule has 0 unspecified atom stereocenters. The van der Waals surface area contributed by atoms with Gasteiger partial charge in [-0.1, -0.05) is 0 Å². The van der Waals surface area contributed by atoms with Gasteiger partial charge in [-0.05, 0) is 0 Å². The van der Waals surface area contributed by atoms with Crippen LogP contribution < -0.4 is 11.2 Å². The predicted molar refractivity (Wildman–Crippen MR) is 39.9 cm³/mol. The van der Waals surface area contributed by atoms with Crippen molar-refractivity contribution < 1.29 is 8.78 Å². The van der Waals surface area contributed by atoms with E-state index in [4.69, 9.17) is 5.73 Å². The lowest BCUT2D eigenvalue weighted by molar-refractivity contribution is 0.145. The number of halogens is 2. The molecule has 0 saturated carbocycles. The standard InChI is InChI=1S/C7H8F2N2O/c8-7(9)6-2-5(12)1-4(3-10)11-6/h1-2,7H,3,10H2,(H,11,12). The molecule has 12 heavy (non-hydrogen) atoms. The summed E-state index contributed by atoms with van der Waals surface area (Å²) in [6.07, 6.45) is -2.66. The highest BCUT2D eigenvalue weighted by Crippen LogP contribution is 2.13. The number of hydrogen-bond acceptors (Lipinski definition) is 2. The first-order valence-corrected chi connectivity index (χ1v) is 3.35. The van der Waals surface area contributed by atoms with Gasteiger partial charge in [0.25, 0.3) is 6.43 Å². The van der Waals surface area contributed by atoms with Gasteiger partial charge in [-0.25, -0.2) is 8.78 Å². The molecule has 0 bridgehead atoms. The highest BCUT2D eigenvalue weighted by molar-refractivity contribution is 5.12. The van der Waals surface area contributed by atoms with Crippen LogP contribution in [0.2, 0.25) is 0 Å². The Hall–Kier alpha value is -1.23. The van der Waals surface area contributed by atoms with Crippen molar-refractivity contribution in [3.8, 4) is 0 Å². The summed E-state index contributed by atoms with van der Waals surface area (Å²) in [6, 6.07) is 2.07. The fraction of sp³-hybridized carbons (Fsp3) is 0.286. The lowest BCUT2D eigenvalue weighted by Crippen LogP contribution is -2.09. The number of H-pyrrole nitrogens is 1. The zero-order valence-electron chi connectivity index (χ0n) is 6.18. The summed E-state index contributed by atoms with van der Waals surface area (Å²) < 4.78 is 24.1. The Morgan fingerprint density at radius 1 is 1.50 bits per heavy atom. The normalized spacial score (nSPS) is 10.7. The molecular formula is C7H8F2N2O. The third kappa shape index (κ3) is 1.88. The first-order valence-electron chi connectivity index (χ1n) is 3.35. The van der Waals surface area contributed by atoms with Crippen LogP contribution in [0.25, 0.3) is 0 Å². The first-order chi connectivity index (χ1) is 5.63. The number of alkyl halides is 2. The van der Waals surface area contributed by atoms with E-state index in [9.17, 15) is 13.6 Å². The molecule has 3 N–H and O–H groups in total. The van der Waals surface area contributed by atoms with Crippen molar-refractivity contribution in [1.29, 1.82) is 0 Å². The topological polar surface area (TPSA) is 58.9 Å². The lowest BCUT2D eigenvalue weighted by Gasteiger charge is -2.01. The Morgan fingerprint density at radius 3 is 2.67 bits per heavy atom. The van der Waals surface area contributed by atoms with Crippen LogP contribution in [0.5, 0.6) is 0 Å². The molecule has 1 aromatic rings. The summed E-state index contributed by atoms with van der Waals surface area (Å²) in [4.78, 5) is 13.1. The number of rotatable bonds is 2. The van der Waals surface area contributed by atoms with Gasteiger partial charge < -0.3 is 10.7 Å². The van der Waals surface area contributed by atoms with Crippen LogP contribution in [0, 0.1) is 0 Å². The van der Waals surface area contributed by atoms with Crippen molar-refractivity contribution >= 4 is 0 Å². The van der Waals surface area contributed by atoms with Gasteiger partial charge in [0.1, 0.15) is 0 Å². The van der Waals surface area contributed by atoms with Crippen LogP contribution >= 0.6 is 0 Å². The van der Waals surface area contributed by atoms with E-state index < -0.39 is 11.9 Å². The summed E-state index contributed by atoms with van der Waals surface area (Å²) in [5.74, 6) is 0. The summed E-state index contributed by atoms with van der Waals surface area (Å²) in [5, 5.41) is 0. The predicted octanol–water partition coefficient (Wildman–Crippen LogP) is 0.771. The van der Waals surface area contributed by atoms with Gasteiger partial charge in [0.05, 0.1) is 5.69 Å². The highest BCUT2D eigenvalue weighted by atomic mass is 19.3. The maximum absolute atomic E-state index is 12.1. The van der Waals surface area contributed by atoms with Crippen molar-refractivity contribution in [2.24, 2.45) is 5.73 Å². The minimum atomic E-state index is -2.66. The van der Waals surface area contributed by atoms with Crippen LogP contribution in [0.3, 0.4) is 0 Å². The number of hydrogen-bond donors (Lipinski definition) is 2. The fourth-order valence-electron chi connectivity index (χ4n) is 0.852. The van der Waals surface area contributed by atoms with Crippen LogP contribution in [-0.4, -0.2) is 4.98 Å². The Morgan fingerprint density at radius 2 is 2.17 bits per heavy atom. The first kappa shape index (κ1) is 8.86. The van der Waals surface area contributed by atoms with Gasteiger partial charge >= 0.3 is 0 Å². The Labute approximate surface area is 67.2 Å². The van der Waals surface area contributed by atoms with Crippen LogP contribution in [0.15, 0.2) is 16.9 Å². The molecule has 66 valence electrons. The fourth-order valence-corrected chi connectivity index (χ4v) is 0.852. The van der Waals surface area contributed by atoms with Crippen molar-refractivity contribution in [2.75, 3.05) is 0 Å². The molecule has 1 heterocycles. The maximum Gasteiger partial charge on any atom is 0.278 e. The molecular weight excluding hydrogens is 166 g/mol. The summed E-state index contributed by atoms with van der Waals surface area (Å²) in [6.45, 7) is 0.0514. The van der Waals surface area contributed by atoms with Gasteiger partial charge in [-0.3, -0.25) is 4.79 Å². The van der Waals surface area contributed by atoms with Gasteiger partial charge in [0, 0.05) is 24.4 Å². The Balaban J connectivity index is 3.15. The van der Waals surface area contributed by atoms with E-state index in [1.165, 1.54) is 6.07 Å². The van der Waals surface area contributed by atoms with E-state index in [-0.39, 0.29) is 12.2 Å². The number of aromatic amines is 1. The van der Waals surface area contributed by atoms with E-state index in [2.05, 4.69) is 4.98 Å². The monoisotopic (exact) mass is 174 g/mol. The number of nitrogens with two attached hydrogens (primary N) is 1. The highest BCUT2D eigenvalue weighted by Gasteiger charge is 2.08. The molecule has 0 radical (unpaired) electrons. The van der Waals surface area contributed by atoms with E-state index in [0.29, 0.717) is 5.69 Å². The largest absolute Gasteiger partial charge is 0.356 e. The van der Waals surface area contributed by atoms with Gasteiger partial charge in [-0.2, -0.15) is 0 Å². The second-order valence-electron chi connectivity index (χ2n) is 2.30. The second-order valence-corrected chi connectivity index (χ2v) is 2.30. The van der Waals surface area contributed by atoms with Gasteiger partial charge in [0.15, 0.2) is 5.43 Å².